The molecule has 2 aromatic carbocycles. The number of hydrogen-bond acceptors (Lipinski definition) is 5. The van der Waals surface area contributed by atoms with Crippen LogP contribution in [0, 0.1) is 0 Å². The zero-order valence-corrected chi connectivity index (χ0v) is 18.4. The molecule has 1 aromatic heterocycles. The summed E-state index contributed by atoms with van der Waals surface area (Å²) in [6.07, 6.45) is -6.92. The molecule has 1 heterocycles. The van der Waals surface area contributed by atoms with Crippen LogP contribution in [0.25, 0.3) is 21.9 Å². The van der Waals surface area contributed by atoms with Crippen molar-refractivity contribution in [3.63, 3.8) is 0 Å². The Balaban J connectivity index is 0.00000385. The summed E-state index contributed by atoms with van der Waals surface area (Å²) in [6.45, 7) is 0. The van der Waals surface area contributed by atoms with Gasteiger partial charge in [0.05, 0.1) is 5.02 Å². The van der Waals surface area contributed by atoms with Crippen molar-refractivity contribution in [3.8, 4) is 5.75 Å². The van der Waals surface area contributed by atoms with Crippen LogP contribution in [0.4, 0.5) is 39.5 Å². The number of hydrogen-bond donors (Lipinski definition) is 0. The summed E-state index contributed by atoms with van der Waals surface area (Å²) in [5.41, 5.74) is 0.554. The molecule has 0 aliphatic rings. The highest BCUT2D eigenvalue weighted by Crippen LogP contribution is 2.54. The number of fused-ring (bicyclic) bond motifs is 3. The lowest BCUT2D eigenvalue weighted by atomic mass is 10.1. The van der Waals surface area contributed by atoms with E-state index in [1.165, 1.54) is 18.2 Å². The number of alkyl halides is 9. The van der Waals surface area contributed by atoms with E-state index in [0.29, 0.717) is 21.4 Å². The van der Waals surface area contributed by atoms with Gasteiger partial charge in [0.25, 0.3) is 0 Å². The lowest BCUT2D eigenvalue weighted by molar-refractivity contribution is -0.409. The molecule has 16 heteroatoms. The predicted octanol–water partition coefficient (Wildman–Crippen LogP) is 7.58. The van der Waals surface area contributed by atoms with Crippen LogP contribution in [0.15, 0.2) is 40.8 Å². The van der Waals surface area contributed by atoms with E-state index in [4.69, 9.17) is 16.0 Å². The van der Waals surface area contributed by atoms with E-state index in [1.54, 1.807) is 18.2 Å². The number of rotatable bonds is 7. The van der Waals surface area contributed by atoms with Gasteiger partial charge in [-0.05, 0) is 18.2 Å². The summed E-state index contributed by atoms with van der Waals surface area (Å²) < 4.78 is 125. The molecule has 3 rings (SSSR count). The van der Waals surface area contributed by atoms with Gasteiger partial charge in [0.2, 0.25) is 0 Å². The van der Waals surface area contributed by atoms with E-state index < -0.39 is 40.6 Å². The highest BCUT2D eigenvalue weighted by molar-refractivity contribution is 7.92. The lowest BCUT2D eigenvalue weighted by Crippen LogP contribution is -2.64. The van der Waals surface area contributed by atoms with Crippen LogP contribution in [0.1, 0.15) is 0 Å². The van der Waals surface area contributed by atoms with Crippen molar-refractivity contribution in [2.75, 3.05) is 7.05 Å². The van der Waals surface area contributed by atoms with E-state index in [-0.39, 0.29) is 31.9 Å². The van der Waals surface area contributed by atoms with Gasteiger partial charge >= 0.3 is 24.1 Å². The topological polar surface area (TPSA) is 34.8 Å². The Morgan fingerprint density at radius 1 is 0.909 bits per heavy atom. The Morgan fingerprint density at radius 2 is 1.55 bits per heavy atom. The average Bonchev–Trinajstić information content (AvgIpc) is 3.06. The number of halogens is 10. The van der Waals surface area contributed by atoms with Gasteiger partial charge in [0.15, 0.2) is 11.3 Å². The first-order valence-electron chi connectivity index (χ1n) is 8.17. The Labute approximate surface area is 195 Å². The fourth-order valence-electron chi connectivity index (χ4n) is 2.51. The maximum atomic E-state index is 13.7. The fraction of sp³-hybridized carbons (Fsp3) is 0.294. The number of benzene rings is 2. The molecule has 0 saturated heterocycles. The third kappa shape index (κ3) is 4.65. The Kier molecular flexibility index (Phi) is 7.66. The molecule has 0 aliphatic carbocycles. The van der Waals surface area contributed by atoms with Crippen molar-refractivity contribution >= 4 is 59.3 Å². The van der Waals surface area contributed by atoms with Crippen molar-refractivity contribution < 1.29 is 53.2 Å². The van der Waals surface area contributed by atoms with Crippen molar-refractivity contribution in [2.24, 2.45) is 0 Å². The SMILES string of the molecule is CN(SOOc1ccc2c(c1)oc1c(Cl)cccc12)C(F)(F)C(F)(F)C(F)(F)C(F)(F)F.S. The van der Waals surface area contributed by atoms with Crippen LogP contribution in [0.3, 0.4) is 0 Å². The van der Waals surface area contributed by atoms with Gasteiger partial charge in [-0.15, -0.1) is 0 Å². The number of para-hydroxylation sites is 1. The molecule has 3 aromatic rings. The summed E-state index contributed by atoms with van der Waals surface area (Å²) in [7, 11) is 0.110. The van der Waals surface area contributed by atoms with Crippen LogP contribution in [-0.2, 0) is 4.33 Å². The minimum atomic E-state index is -7.02. The molecule has 0 aliphatic heterocycles. The second-order valence-corrected chi connectivity index (χ2v) is 7.53. The molecule has 0 unspecified atom stereocenters. The van der Waals surface area contributed by atoms with Gasteiger partial charge in [-0.2, -0.15) is 57.3 Å². The van der Waals surface area contributed by atoms with Crippen LogP contribution >= 0.6 is 37.3 Å². The number of nitrogens with zero attached hydrogens (tertiary/aromatic N) is 1. The maximum Gasteiger partial charge on any atom is 0.460 e. The molecule has 0 saturated carbocycles. The second-order valence-electron chi connectivity index (χ2n) is 6.29. The summed E-state index contributed by atoms with van der Waals surface area (Å²) >= 11 is 5.29. The van der Waals surface area contributed by atoms with Crippen molar-refractivity contribution in [2.45, 2.75) is 24.1 Å². The minimum Gasteiger partial charge on any atom is -0.454 e. The first-order chi connectivity index (χ1) is 14.6. The third-order valence-electron chi connectivity index (χ3n) is 4.22. The average molecular weight is 548 g/mol. The largest absolute Gasteiger partial charge is 0.460 e. The van der Waals surface area contributed by atoms with Crippen LogP contribution < -0.4 is 4.89 Å². The fourth-order valence-corrected chi connectivity index (χ4v) is 3.13. The molecular formula is C17H11ClF9NO3S2. The summed E-state index contributed by atoms with van der Waals surface area (Å²) in [4.78, 5) is 4.61. The molecule has 33 heavy (non-hydrogen) atoms. The smallest absolute Gasteiger partial charge is 0.454 e. The Morgan fingerprint density at radius 3 is 2.15 bits per heavy atom. The Bertz CT molecular complexity index is 1140. The standard InChI is InChI=1S/C17H9ClF9NO3S.H2S/c1-28(17(26,27)15(21,22)14(19,20)16(23,24)25)32-31-30-8-5-6-9-10-3-2-4-11(18)13(10)29-12(9)7-8;/h2-7H,1H3;1H2. The molecule has 0 N–H and O–H groups in total. The van der Waals surface area contributed by atoms with E-state index >= 15 is 0 Å². The molecular weight excluding hydrogens is 537 g/mol. The molecule has 0 radical (unpaired) electrons. The van der Waals surface area contributed by atoms with E-state index in [1.807, 2.05) is 0 Å². The molecule has 0 amide bonds. The van der Waals surface area contributed by atoms with E-state index in [9.17, 15) is 39.5 Å². The first kappa shape index (κ1) is 27.6. The highest BCUT2D eigenvalue weighted by Gasteiger charge is 2.83. The van der Waals surface area contributed by atoms with Gasteiger partial charge in [0, 0.05) is 23.9 Å². The third-order valence-corrected chi connectivity index (χ3v) is 5.10. The van der Waals surface area contributed by atoms with E-state index in [2.05, 4.69) is 9.22 Å². The van der Waals surface area contributed by atoms with Crippen LogP contribution in [0.5, 0.6) is 5.75 Å². The molecule has 0 atom stereocenters. The summed E-state index contributed by atoms with van der Waals surface area (Å²) in [5, 5.41) is 1.52. The quantitative estimate of drug-likeness (QED) is 0.0761. The zero-order chi connectivity index (χ0) is 24.1. The first-order valence-corrected chi connectivity index (χ1v) is 9.25. The minimum absolute atomic E-state index is 0. The molecule has 184 valence electrons. The maximum absolute atomic E-state index is 13.7. The summed E-state index contributed by atoms with van der Waals surface area (Å²) in [6, 6.07) is 2.90. The monoisotopic (exact) mass is 547 g/mol. The van der Waals surface area contributed by atoms with Crippen LogP contribution in [-0.4, -0.2) is 35.4 Å². The normalized spacial score (nSPS) is 13.6. The molecule has 0 fully saturated rings. The zero-order valence-electron chi connectivity index (χ0n) is 15.8. The lowest BCUT2D eigenvalue weighted by Gasteiger charge is -2.36. The molecule has 0 bridgehead atoms. The van der Waals surface area contributed by atoms with Crippen molar-refractivity contribution in [1.82, 2.24) is 4.31 Å². The van der Waals surface area contributed by atoms with Crippen LogP contribution in [0.2, 0.25) is 5.02 Å². The van der Waals surface area contributed by atoms with Crippen molar-refractivity contribution in [3.05, 3.63) is 41.4 Å². The van der Waals surface area contributed by atoms with Gasteiger partial charge < -0.3 is 9.30 Å². The number of furan rings is 1. The molecule has 0 spiro atoms. The Hall–Kier alpha value is -1.68. The summed E-state index contributed by atoms with van der Waals surface area (Å²) in [5.74, 6) is -14.0. The van der Waals surface area contributed by atoms with Gasteiger partial charge in [-0.1, -0.05) is 28.1 Å². The van der Waals surface area contributed by atoms with Gasteiger partial charge in [-0.25, -0.2) is 0 Å². The molecule has 4 nitrogen and oxygen atoms in total. The predicted molar refractivity (Wildman–Crippen MR) is 107 cm³/mol. The van der Waals surface area contributed by atoms with Crippen molar-refractivity contribution in [1.29, 1.82) is 0 Å². The van der Waals surface area contributed by atoms with E-state index in [0.717, 1.165) is 0 Å². The van der Waals surface area contributed by atoms with Gasteiger partial charge in [-0.3, -0.25) is 0 Å². The second kappa shape index (κ2) is 9.17. The van der Waals surface area contributed by atoms with Gasteiger partial charge in [0.1, 0.15) is 17.8 Å². The highest BCUT2D eigenvalue weighted by atomic mass is 35.5.